The van der Waals surface area contributed by atoms with E-state index in [0.29, 0.717) is 23.3 Å². The topological polar surface area (TPSA) is 82.3 Å². The van der Waals surface area contributed by atoms with E-state index in [9.17, 15) is 0 Å². The van der Waals surface area contributed by atoms with Crippen molar-refractivity contribution < 1.29 is 9.47 Å². The predicted octanol–water partition coefficient (Wildman–Crippen LogP) is 3.39. The number of hydrogen-bond donors (Lipinski definition) is 2. The fourth-order valence-corrected chi connectivity index (χ4v) is 2.17. The zero-order valence-electron chi connectivity index (χ0n) is 12.7. The van der Waals surface area contributed by atoms with Gasteiger partial charge in [0, 0.05) is 29.3 Å². The lowest BCUT2D eigenvalue weighted by Crippen LogP contribution is -2.02. The van der Waals surface area contributed by atoms with Gasteiger partial charge in [-0.2, -0.15) is 4.98 Å². The number of anilines is 3. The number of para-hydroxylation sites is 1. The number of rotatable bonds is 4. The Morgan fingerprint density at radius 3 is 2.26 bits per heavy atom. The van der Waals surface area contributed by atoms with Gasteiger partial charge in [-0.25, -0.2) is 4.98 Å². The van der Waals surface area contributed by atoms with Crippen LogP contribution in [0, 0.1) is 0 Å². The summed E-state index contributed by atoms with van der Waals surface area (Å²) in [5.41, 5.74) is 7.52. The first-order valence-electron chi connectivity index (χ1n) is 6.72. The molecule has 0 atom stereocenters. The molecule has 2 aromatic carbocycles. The number of nitrogens with one attached hydrogen (secondary N) is 1. The molecule has 0 saturated heterocycles. The van der Waals surface area contributed by atoms with Gasteiger partial charge in [-0.3, -0.25) is 0 Å². The summed E-state index contributed by atoms with van der Waals surface area (Å²) in [6.07, 6.45) is 0. The van der Waals surface area contributed by atoms with E-state index in [-0.39, 0.29) is 12.4 Å². The molecule has 0 aliphatic rings. The number of hydrogen-bond acceptors (Lipinski definition) is 6. The van der Waals surface area contributed by atoms with Gasteiger partial charge < -0.3 is 20.5 Å². The summed E-state index contributed by atoms with van der Waals surface area (Å²) >= 11 is 0. The molecule has 0 spiro atoms. The normalized spacial score (nSPS) is 10.0. The van der Waals surface area contributed by atoms with Crippen molar-refractivity contribution in [3.63, 3.8) is 0 Å². The van der Waals surface area contributed by atoms with E-state index in [2.05, 4.69) is 15.3 Å². The molecule has 1 aromatic heterocycles. The van der Waals surface area contributed by atoms with Crippen molar-refractivity contribution in [2.45, 2.75) is 0 Å². The van der Waals surface area contributed by atoms with Crippen LogP contribution in [0.2, 0.25) is 0 Å². The SMILES string of the molecule is COc1cc(Nc2nc(N)c3ccccc3n2)cc(OC)c1.Cl. The second kappa shape index (κ2) is 7.02. The molecule has 3 N–H and O–H groups in total. The van der Waals surface area contributed by atoms with Crippen LogP contribution in [-0.2, 0) is 0 Å². The standard InChI is InChI=1S/C16H16N4O2.ClH/c1-21-11-7-10(8-12(9-11)22-2)18-16-19-14-6-4-3-5-13(14)15(17)20-16;/h3-9H,1-2H3,(H3,17,18,19,20);1H. The quantitative estimate of drug-likeness (QED) is 0.762. The Kier molecular flexibility index (Phi) is 5.08. The fourth-order valence-electron chi connectivity index (χ4n) is 2.17. The molecular formula is C16H17ClN4O2. The molecule has 0 aliphatic heterocycles. The van der Waals surface area contributed by atoms with Gasteiger partial charge in [-0.15, -0.1) is 12.4 Å². The summed E-state index contributed by atoms with van der Waals surface area (Å²) in [5.74, 6) is 2.21. The number of aromatic nitrogens is 2. The zero-order chi connectivity index (χ0) is 15.5. The summed E-state index contributed by atoms with van der Waals surface area (Å²) in [6.45, 7) is 0. The van der Waals surface area contributed by atoms with Crippen molar-refractivity contribution >= 4 is 40.8 Å². The third-order valence-electron chi connectivity index (χ3n) is 3.24. The molecule has 7 heteroatoms. The van der Waals surface area contributed by atoms with Crippen molar-refractivity contribution in [3.05, 3.63) is 42.5 Å². The van der Waals surface area contributed by atoms with Gasteiger partial charge in [-0.05, 0) is 12.1 Å². The van der Waals surface area contributed by atoms with Crippen molar-refractivity contribution in [1.82, 2.24) is 9.97 Å². The van der Waals surface area contributed by atoms with Crippen molar-refractivity contribution in [1.29, 1.82) is 0 Å². The highest BCUT2D eigenvalue weighted by molar-refractivity contribution is 5.89. The molecule has 0 aliphatic carbocycles. The molecule has 0 radical (unpaired) electrons. The molecule has 23 heavy (non-hydrogen) atoms. The fraction of sp³-hybridized carbons (Fsp3) is 0.125. The minimum Gasteiger partial charge on any atom is -0.497 e. The lowest BCUT2D eigenvalue weighted by Gasteiger charge is -2.10. The number of halogens is 1. The van der Waals surface area contributed by atoms with Crippen LogP contribution in [0.3, 0.4) is 0 Å². The first kappa shape index (κ1) is 16.6. The Labute approximate surface area is 140 Å². The molecule has 0 saturated carbocycles. The molecule has 1 heterocycles. The monoisotopic (exact) mass is 332 g/mol. The maximum Gasteiger partial charge on any atom is 0.229 e. The van der Waals surface area contributed by atoms with E-state index in [1.165, 1.54) is 0 Å². The zero-order valence-corrected chi connectivity index (χ0v) is 13.6. The number of ether oxygens (including phenoxy) is 2. The number of benzene rings is 2. The minimum absolute atomic E-state index is 0. The number of nitrogen functional groups attached to an aromatic ring is 1. The first-order chi connectivity index (χ1) is 10.7. The van der Waals surface area contributed by atoms with Crippen LogP contribution in [0.15, 0.2) is 42.5 Å². The largest absolute Gasteiger partial charge is 0.497 e. The van der Waals surface area contributed by atoms with Crippen LogP contribution < -0.4 is 20.5 Å². The van der Waals surface area contributed by atoms with Crippen LogP contribution in [-0.4, -0.2) is 24.2 Å². The van der Waals surface area contributed by atoms with E-state index in [0.717, 1.165) is 16.6 Å². The van der Waals surface area contributed by atoms with E-state index < -0.39 is 0 Å². The molecule has 0 unspecified atom stereocenters. The van der Waals surface area contributed by atoms with E-state index in [1.54, 1.807) is 20.3 Å². The van der Waals surface area contributed by atoms with Crippen molar-refractivity contribution in [2.24, 2.45) is 0 Å². The average molecular weight is 333 g/mol. The second-order valence-electron chi connectivity index (χ2n) is 4.68. The molecule has 3 rings (SSSR count). The predicted molar refractivity (Wildman–Crippen MR) is 94.0 cm³/mol. The lowest BCUT2D eigenvalue weighted by atomic mass is 10.2. The Morgan fingerprint density at radius 1 is 0.957 bits per heavy atom. The number of nitrogens with zero attached hydrogens (tertiary/aromatic N) is 2. The number of methoxy groups -OCH3 is 2. The van der Waals surface area contributed by atoms with Crippen LogP contribution in [0.5, 0.6) is 11.5 Å². The van der Waals surface area contributed by atoms with Gasteiger partial charge >= 0.3 is 0 Å². The van der Waals surface area contributed by atoms with E-state index >= 15 is 0 Å². The molecule has 6 nitrogen and oxygen atoms in total. The summed E-state index contributed by atoms with van der Waals surface area (Å²) in [7, 11) is 3.20. The maximum absolute atomic E-state index is 5.98. The van der Waals surface area contributed by atoms with Gasteiger partial charge in [-0.1, -0.05) is 12.1 Å². The summed E-state index contributed by atoms with van der Waals surface area (Å²) in [4.78, 5) is 8.74. The summed E-state index contributed by atoms with van der Waals surface area (Å²) in [6, 6.07) is 13.1. The van der Waals surface area contributed by atoms with E-state index in [1.807, 2.05) is 36.4 Å². The molecule has 0 bridgehead atoms. The van der Waals surface area contributed by atoms with Gasteiger partial charge in [0.05, 0.1) is 19.7 Å². The lowest BCUT2D eigenvalue weighted by molar-refractivity contribution is 0.395. The minimum atomic E-state index is 0. The Morgan fingerprint density at radius 2 is 1.61 bits per heavy atom. The van der Waals surface area contributed by atoms with Crippen molar-refractivity contribution in [2.75, 3.05) is 25.3 Å². The van der Waals surface area contributed by atoms with Crippen LogP contribution >= 0.6 is 12.4 Å². The summed E-state index contributed by atoms with van der Waals surface area (Å²) < 4.78 is 10.5. The van der Waals surface area contributed by atoms with Crippen LogP contribution in [0.1, 0.15) is 0 Å². The number of fused-ring (bicyclic) bond motifs is 1. The molecular weight excluding hydrogens is 316 g/mol. The molecule has 0 fully saturated rings. The highest BCUT2D eigenvalue weighted by atomic mass is 35.5. The third kappa shape index (κ3) is 3.54. The molecule has 3 aromatic rings. The van der Waals surface area contributed by atoms with E-state index in [4.69, 9.17) is 15.2 Å². The van der Waals surface area contributed by atoms with Crippen LogP contribution in [0.25, 0.3) is 10.9 Å². The Balaban J connectivity index is 0.00000192. The van der Waals surface area contributed by atoms with Gasteiger partial charge in [0.25, 0.3) is 0 Å². The Bertz CT molecular complexity index is 804. The van der Waals surface area contributed by atoms with Crippen molar-refractivity contribution in [3.8, 4) is 11.5 Å². The highest BCUT2D eigenvalue weighted by Gasteiger charge is 2.07. The highest BCUT2D eigenvalue weighted by Crippen LogP contribution is 2.28. The van der Waals surface area contributed by atoms with Gasteiger partial charge in [0.1, 0.15) is 17.3 Å². The average Bonchev–Trinajstić information content (AvgIpc) is 2.54. The number of nitrogens with two attached hydrogens (primary N) is 1. The summed E-state index contributed by atoms with van der Waals surface area (Å²) in [5, 5.41) is 3.95. The van der Waals surface area contributed by atoms with Crippen LogP contribution in [0.4, 0.5) is 17.5 Å². The first-order valence-corrected chi connectivity index (χ1v) is 6.72. The Hall–Kier alpha value is -2.73. The maximum atomic E-state index is 5.98. The third-order valence-corrected chi connectivity index (χ3v) is 3.24. The molecule has 120 valence electrons. The van der Waals surface area contributed by atoms with Gasteiger partial charge in [0.15, 0.2) is 0 Å². The second-order valence-corrected chi connectivity index (χ2v) is 4.68. The molecule has 0 amide bonds. The van der Waals surface area contributed by atoms with Gasteiger partial charge in [0.2, 0.25) is 5.95 Å². The smallest absolute Gasteiger partial charge is 0.229 e.